The molecular weight excluding hydrogens is 429 g/mol. The van der Waals surface area contributed by atoms with Gasteiger partial charge in [0.2, 0.25) is 0 Å². The maximum atomic E-state index is 13.3. The molecule has 4 rings (SSSR count). The molecule has 2 N–H and O–H groups in total. The van der Waals surface area contributed by atoms with Gasteiger partial charge in [0.05, 0.1) is 21.8 Å². The molecule has 1 aromatic heterocycles. The van der Waals surface area contributed by atoms with E-state index in [9.17, 15) is 12.8 Å². The van der Waals surface area contributed by atoms with E-state index in [1.54, 1.807) is 30.5 Å². The molecule has 0 amide bonds. The Hall–Kier alpha value is -2.91. The molecule has 1 aliphatic rings. The first kappa shape index (κ1) is 20.4. The van der Waals surface area contributed by atoms with Gasteiger partial charge in [-0.15, -0.1) is 5.10 Å². The Kier molecular flexibility index (Phi) is 5.74. The summed E-state index contributed by atoms with van der Waals surface area (Å²) in [4.78, 5) is 2.14. The maximum Gasteiger partial charge on any atom is 0.261 e. The topological polar surface area (TPSA) is 87.2 Å². The van der Waals surface area contributed by atoms with E-state index in [-0.39, 0.29) is 9.92 Å². The highest BCUT2D eigenvalue weighted by molar-refractivity contribution is 7.92. The first-order valence-electron chi connectivity index (χ1n) is 9.33. The summed E-state index contributed by atoms with van der Waals surface area (Å²) in [5.41, 5.74) is 2.11. The Morgan fingerprint density at radius 2 is 1.70 bits per heavy atom. The van der Waals surface area contributed by atoms with Gasteiger partial charge in [0.25, 0.3) is 10.0 Å². The van der Waals surface area contributed by atoms with Crippen molar-refractivity contribution in [1.29, 1.82) is 0 Å². The number of nitrogens with one attached hydrogen (secondary N) is 2. The lowest BCUT2D eigenvalue weighted by atomic mass is 10.3. The third-order valence-corrected chi connectivity index (χ3v) is 6.39. The predicted molar refractivity (Wildman–Crippen MR) is 115 cm³/mol. The van der Waals surface area contributed by atoms with Gasteiger partial charge in [-0.1, -0.05) is 11.6 Å². The van der Waals surface area contributed by atoms with Crippen LogP contribution in [0.1, 0.15) is 12.8 Å². The third-order valence-electron chi connectivity index (χ3n) is 4.72. The Morgan fingerprint density at radius 1 is 1.00 bits per heavy atom. The van der Waals surface area contributed by atoms with Crippen molar-refractivity contribution in [2.45, 2.75) is 17.7 Å². The van der Waals surface area contributed by atoms with Crippen LogP contribution in [0.5, 0.6) is 0 Å². The normalized spacial score (nSPS) is 14.0. The average molecular weight is 448 g/mol. The second kappa shape index (κ2) is 8.45. The zero-order chi connectivity index (χ0) is 21.1. The van der Waals surface area contributed by atoms with Crippen LogP contribution in [0.15, 0.2) is 59.6 Å². The van der Waals surface area contributed by atoms with Crippen molar-refractivity contribution in [3.63, 3.8) is 0 Å². The van der Waals surface area contributed by atoms with Crippen molar-refractivity contribution in [3.8, 4) is 0 Å². The van der Waals surface area contributed by atoms with E-state index in [2.05, 4.69) is 25.1 Å². The molecule has 2 aromatic carbocycles. The lowest BCUT2D eigenvalue weighted by molar-refractivity contribution is 0.599. The quantitative estimate of drug-likeness (QED) is 0.581. The van der Waals surface area contributed by atoms with Crippen LogP contribution in [-0.4, -0.2) is 31.7 Å². The molecule has 0 unspecified atom stereocenters. The van der Waals surface area contributed by atoms with Crippen LogP contribution in [0.2, 0.25) is 5.02 Å². The van der Waals surface area contributed by atoms with Gasteiger partial charge in [-0.25, -0.2) is 12.8 Å². The molecule has 1 saturated heterocycles. The average Bonchev–Trinajstić information content (AvgIpc) is 3.26. The third kappa shape index (κ3) is 4.63. The van der Waals surface area contributed by atoms with E-state index in [1.165, 1.54) is 12.8 Å². The van der Waals surface area contributed by atoms with Crippen molar-refractivity contribution in [3.05, 3.63) is 65.6 Å². The van der Waals surface area contributed by atoms with Crippen LogP contribution in [0, 0.1) is 5.82 Å². The molecule has 0 spiro atoms. The highest BCUT2D eigenvalue weighted by atomic mass is 35.5. The van der Waals surface area contributed by atoms with Gasteiger partial charge >= 0.3 is 0 Å². The molecule has 1 aliphatic heterocycles. The standard InChI is InChI=1S/C20H19ClFN5O2S/c21-18-12-17(7-8-19(18)22)30(28,29)26-15-5-3-14(4-6-15)24-20-11-16(13-23-25-20)27-9-1-2-10-27/h3-8,11-13,26H,1-2,9-10H2,(H,24,25). The van der Waals surface area contributed by atoms with E-state index in [0.29, 0.717) is 11.5 Å². The fraction of sp³-hybridized carbons (Fsp3) is 0.200. The Balaban J connectivity index is 1.45. The lowest BCUT2D eigenvalue weighted by Crippen LogP contribution is -2.18. The summed E-state index contributed by atoms with van der Waals surface area (Å²) in [5, 5.41) is 11.1. The Labute approximate surface area is 178 Å². The minimum Gasteiger partial charge on any atom is -0.370 e. The summed E-state index contributed by atoms with van der Waals surface area (Å²) in [7, 11) is -3.89. The number of hydrogen-bond acceptors (Lipinski definition) is 6. The van der Waals surface area contributed by atoms with Crippen molar-refractivity contribution in [2.24, 2.45) is 0 Å². The van der Waals surface area contributed by atoms with Gasteiger partial charge in [0, 0.05) is 30.5 Å². The van der Waals surface area contributed by atoms with Gasteiger partial charge in [-0.3, -0.25) is 4.72 Å². The smallest absolute Gasteiger partial charge is 0.261 e. The number of anilines is 4. The number of sulfonamides is 1. The SMILES string of the molecule is O=S(=O)(Nc1ccc(Nc2cc(N3CCCC3)cnn2)cc1)c1ccc(F)c(Cl)c1. The van der Waals surface area contributed by atoms with Gasteiger partial charge in [-0.2, -0.15) is 5.10 Å². The van der Waals surface area contributed by atoms with Crippen molar-refractivity contribution in [2.75, 3.05) is 28.0 Å². The van der Waals surface area contributed by atoms with Crippen LogP contribution < -0.4 is 14.9 Å². The summed E-state index contributed by atoms with van der Waals surface area (Å²) < 4.78 is 40.7. The number of hydrogen-bond donors (Lipinski definition) is 2. The molecule has 0 radical (unpaired) electrons. The molecule has 156 valence electrons. The molecule has 3 aromatic rings. The number of halogens is 2. The first-order chi connectivity index (χ1) is 14.4. The molecule has 30 heavy (non-hydrogen) atoms. The molecule has 0 aliphatic carbocycles. The molecule has 2 heterocycles. The zero-order valence-electron chi connectivity index (χ0n) is 15.8. The van der Waals surface area contributed by atoms with E-state index in [0.717, 1.165) is 42.7 Å². The van der Waals surface area contributed by atoms with Crippen molar-refractivity contribution in [1.82, 2.24) is 10.2 Å². The van der Waals surface area contributed by atoms with Crippen LogP contribution >= 0.6 is 11.6 Å². The van der Waals surface area contributed by atoms with E-state index in [1.807, 2.05) is 6.07 Å². The van der Waals surface area contributed by atoms with E-state index in [4.69, 9.17) is 11.6 Å². The molecule has 0 bridgehead atoms. The van der Waals surface area contributed by atoms with Gasteiger partial charge < -0.3 is 10.2 Å². The maximum absolute atomic E-state index is 13.3. The number of aromatic nitrogens is 2. The molecule has 10 heteroatoms. The van der Waals surface area contributed by atoms with Gasteiger partial charge in [-0.05, 0) is 55.3 Å². The summed E-state index contributed by atoms with van der Waals surface area (Å²) in [6.07, 6.45) is 4.09. The minimum atomic E-state index is -3.89. The number of nitrogens with zero attached hydrogens (tertiary/aromatic N) is 3. The molecule has 0 saturated carbocycles. The van der Waals surface area contributed by atoms with Gasteiger partial charge in [0.15, 0.2) is 5.82 Å². The molecule has 0 atom stereocenters. The fourth-order valence-corrected chi connectivity index (χ4v) is 4.52. The second-order valence-corrected chi connectivity index (χ2v) is 8.97. The summed E-state index contributed by atoms with van der Waals surface area (Å²) >= 11 is 5.68. The summed E-state index contributed by atoms with van der Waals surface area (Å²) in [6.45, 7) is 2.03. The molecular formula is C20H19ClFN5O2S. The second-order valence-electron chi connectivity index (χ2n) is 6.88. The fourth-order valence-electron chi connectivity index (χ4n) is 3.19. The zero-order valence-corrected chi connectivity index (χ0v) is 17.4. The molecule has 1 fully saturated rings. The van der Waals surface area contributed by atoms with E-state index < -0.39 is 15.8 Å². The Morgan fingerprint density at radius 3 is 2.40 bits per heavy atom. The summed E-state index contributed by atoms with van der Waals surface area (Å²) in [5.74, 6) is -0.0726. The van der Waals surface area contributed by atoms with Crippen molar-refractivity contribution < 1.29 is 12.8 Å². The van der Waals surface area contributed by atoms with Crippen LogP contribution in [0.25, 0.3) is 0 Å². The minimum absolute atomic E-state index is 0.120. The number of benzene rings is 2. The van der Waals surface area contributed by atoms with Crippen LogP contribution in [0.3, 0.4) is 0 Å². The molecule has 7 nitrogen and oxygen atoms in total. The first-order valence-corrected chi connectivity index (χ1v) is 11.2. The van der Waals surface area contributed by atoms with Crippen molar-refractivity contribution >= 4 is 44.5 Å². The van der Waals surface area contributed by atoms with Crippen LogP contribution in [0.4, 0.5) is 27.3 Å². The largest absolute Gasteiger partial charge is 0.370 e. The highest BCUT2D eigenvalue weighted by Gasteiger charge is 2.16. The highest BCUT2D eigenvalue weighted by Crippen LogP contribution is 2.25. The number of rotatable bonds is 6. The van der Waals surface area contributed by atoms with E-state index >= 15 is 0 Å². The predicted octanol–water partition coefficient (Wildman–Crippen LogP) is 4.41. The summed E-state index contributed by atoms with van der Waals surface area (Å²) in [6, 6.07) is 11.9. The van der Waals surface area contributed by atoms with Gasteiger partial charge in [0.1, 0.15) is 5.82 Å². The van der Waals surface area contributed by atoms with Crippen LogP contribution in [-0.2, 0) is 10.0 Å². The monoisotopic (exact) mass is 447 g/mol. The lowest BCUT2D eigenvalue weighted by Gasteiger charge is -2.17. The Bertz CT molecular complexity index is 1150.